The number of ketones is 1. The van der Waals surface area contributed by atoms with Gasteiger partial charge in [-0.25, -0.2) is 0 Å². The van der Waals surface area contributed by atoms with Gasteiger partial charge in [0.25, 0.3) is 0 Å². The van der Waals surface area contributed by atoms with E-state index in [0.29, 0.717) is 11.4 Å². The summed E-state index contributed by atoms with van der Waals surface area (Å²) in [5.41, 5.74) is 1.08. The molecule has 1 aromatic rings. The van der Waals surface area contributed by atoms with Crippen LogP contribution in [0.4, 0.5) is 0 Å². The summed E-state index contributed by atoms with van der Waals surface area (Å²) < 4.78 is 0. The third-order valence-corrected chi connectivity index (χ3v) is 3.95. The Kier molecular flexibility index (Phi) is 4.03. The van der Waals surface area contributed by atoms with Crippen molar-refractivity contribution in [1.29, 1.82) is 5.26 Å². The van der Waals surface area contributed by atoms with Gasteiger partial charge in [-0.05, 0) is 18.9 Å². The summed E-state index contributed by atoms with van der Waals surface area (Å²) in [7, 11) is 0. The third kappa shape index (κ3) is 3.04. The van der Waals surface area contributed by atoms with Crippen molar-refractivity contribution in [3.05, 3.63) is 46.5 Å². The van der Waals surface area contributed by atoms with Gasteiger partial charge in [0.15, 0.2) is 5.78 Å². The van der Waals surface area contributed by atoms with E-state index >= 15 is 0 Å². The maximum absolute atomic E-state index is 11.8. The van der Waals surface area contributed by atoms with E-state index in [9.17, 15) is 9.59 Å². The van der Waals surface area contributed by atoms with Gasteiger partial charge < -0.3 is 5.32 Å². The summed E-state index contributed by atoms with van der Waals surface area (Å²) in [6.07, 6.45) is 0.581. The van der Waals surface area contributed by atoms with Gasteiger partial charge in [0.1, 0.15) is 11.6 Å². The Hall–Kier alpha value is -2.06. The van der Waals surface area contributed by atoms with Crippen molar-refractivity contribution in [2.45, 2.75) is 18.6 Å². The number of benzene rings is 1. The zero-order valence-corrected chi connectivity index (χ0v) is 11.2. The maximum Gasteiger partial charge on any atom is 0.238 e. The predicted octanol–water partition coefficient (Wildman–Crippen LogP) is 1.78. The van der Waals surface area contributed by atoms with Crippen molar-refractivity contribution in [1.82, 2.24) is 5.32 Å². The van der Waals surface area contributed by atoms with Crippen LogP contribution in [-0.2, 0) is 16.0 Å². The monoisotopic (exact) mass is 272 g/mol. The molecule has 5 heteroatoms. The largest absolute Gasteiger partial charge is 0.318 e. The van der Waals surface area contributed by atoms with Gasteiger partial charge in [0.2, 0.25) is 5.91 Å². The molecule has 1 aromatic carbocycles. The summed E-state index contributed by atoms with van der Waals surface area (Å²) in [5, 5.41) is 11.6. The molecule has 1 unspecified atom stereocenters. The molecule has 1 aliphatic rings. The second-order valence-electron chi connectivity index (χ2n) is 4.16. The minimum atomic E-state index is -0.328. The van der Waals surface area contributed by atoms with Gasteiger partial charge in [-0.3, -0.25) is 9.59 Å². The lowest BCUT2D eigenvalue weighted by Gasteiger charge is -2.04. The first-order valence-corrected chi connectivity index (χ1v) is 6.66. The molecule has 96 valence electrons. The van der Waals surface area contributed by atoms with Crippen LogP contribution < -0.4 is 5.32 Å². The van der Waals surface area contributed by atoms with Crippen molar-refractivity contribution < 1.29 is 9.59 Å². The molecule has 19 heavy (non-hydrogen) atoms. The van der Waals surface area contributed by atoms with Crippen molar-refractivity contribution >= 4 is 23.5 Å². The van der Waals surface area contributed by atoms with Crippen molar-refractivity contribution in [3.63, 3.8) is 0 Å². The number of hydrogen-bond donors (Lipinski definition) is 1. The molecule has 0 aliphatic carbocycles. The van der Waals surface area contributed by atoms with Crippen LogP contribution in [-0.4, -0.2) is 16.9 Å². The molecule has 1 amide bonds. The molecule has 1 fully saturated rings. The van der Waals surface area contributed by atoms with Gasteiger partial charge in [0.05, 0.1) is 10.3 Å². The van der Waals surface area contributed by atoms with E-state index in [1.54, 1.807) is 0 Å². The number of rotatable bonds is 3. The highest BCUT2D eigenvalue weighted by molar-refractivity contribution is 8.04. The van der Waals surface area contributed by atoms with Crippen LogP contribution in [0, 0.1) is 11.3 Å². The molecule has 0 saturated carbocycles. The van der Waals surface area contributed by atoms with E-state index in [-0.39, 0.29) is 22.5 Å². The number of carbonyl (C=O) groups is 2. The Bertz CT molecular complexity index is 587. The number of hydrogen-bond acceptors (Lipinski definition) is 4. The summed E-state index contributed by atoms with van der Waals surface area (Å²) in [6, 6.07) is 11.5. The van der Waals surface area contributed by atoms with E-state index in [2.05, 4.69) is 5.32 Å². The minimum Gasteiger partial charge on any atom is -0.318 e. The van der Waals surface area contributed by atoms with Gasteiger partial charge in [-0.1, -0.05) is 42.1 Å². The second kappa shape index (κ2) is 5.72. The van der Waals surface area contributed by atoms with E-state index in [0.717, 1.165) is 5.56 Å². The molecule has 0 bridgehead atoms. The van der Waals surface area contributed by atoms with E-state index < -0.39 is 0 Å². The van der Waals surface area contributed by atoms with Crippen LogP contribution in [0.15, 0.2) is 40.9 Å². The Labute approximate surface area is 115 Å². The molecule has 1 aliphatic heterocycles. The van der Waals surface area contributed by atoms with Crippen LogP contribution in [0.25, 0.3) is 0 Å². The number of Topliss-reactive ketones (excluding diaryl/α,β-unsaturated/α-hetero) is 1. The zero-order chi connectivity index (χ0) is 13.8. The molecular formula is C14H12N2O2S. The Morgan fingerprint density at radius 3 is 2.68 bits per heavy atom. The number of nitrogens with one attached hydrogen (secondary N) is 1. The Morgan fingerprint density at radius 2 is 2.11 bits per heavy atom. The number of carbonyl (C=O) groups excluding carboxylic acids is 2. The molecule has 1 saturated heterocycles. The lowest BCUT2D eigenvalue weighted by atomic mass is 10.1. The van der Waals surface area contributed by atoms with Crippen LogP contribution in [0.1, 0.15) is 12.5 Å². The van der Waals surface area contributed by atoms with Crippen molar-refractivity contribution in [3.8, 4) is 6.07 Å². The molecule has 1 atom stereocenters. The third-order valence-electron chi connectivity index (χ3n) is 2.74. The fourth-order valence-corrected chi connectivity index (χ4v) is 2.98. The fraction of sp³-hybridized carbons (Fsp3) is 0.214. The predicted molar refractivity (Wildman–Crippen MR) is 73.0 cm³/mol. The van der Waals surface area contributed by atoms with Gasteiger partial charge in [0, 0.05) is 0 Å². The average molecular weight is 272 g/mol. The van der Waals surface area contributed by atoms with Crippen LogP contribution >= 0.6 is 11.8 Å². The average Bonchev–Trinajstić information content (AvgIpc) is 2.72. The van der Waals surface area contributed by atoms with Gasteiger partial charge in [-0.15, -0.1) is 0 Å². The van der Waals surface area contributed by atoms with Crippen molar-refractivity contribution in [2.24, 2.45) is 0 Å². The molecule has 1 N–H and O–H groups in total. The first-order valence-electron chi connectivity index (χ1n) is 5.78. The maximum atomic E-state index is 11.8. The molecule has 0 aromatic heterocycles. The topological polar surface area (TPSA) is 70.0 Å². The number of amides is 1. The van der Waals surface area contributed by atoms with E-state index in [1.165, 1.54) is 18.7 Å². The summed E-state index contributed by atoms with van der Waals surface area (Å²) >= 11 is 1.25. The number of allylic oxidation sites excluding steroid dienone is 1. The highest BCUT2D eigenvalue weighted by atomic mass is 32.2. The first kappa shape index (κ1) is 13.4. The number of thioether (sulfide) groups is 1. The Balaban J connectivity index is 2.17. The van der Waals surface area contributed by atoms with Gasteiger partial charge in [-0.2, -0.15) is 5.26 Å². The standard InChI is InChI=1S/C14H12N2O2S/c1-9(17)11(8-15)14-16-13(18)12(19-14)7-10-5-3-2-4-6-10/h2-6,12H,7H2,1H3,(H,16,18). The van der Waals surface area contributed by atoms with E-state index in [1.807, 2.05) is 36.4 Å². The van der Waals surface area contributed by atoms with Crippen LogP contribution in [0.2, 0.25) is 0 Å². The van der Waals surface area contributed by atoms with Crippen molar-refractivity contribution in [2.75, 3.05) is 0 Å². The van der Waals surface area contributed by atoms with Gasteiger partial charge >= 0.3 is 0 Å². The highest BCUT2D eigenvalue weighted by Crippen LogP contribution is 2.31. The molecule has 2 rings (SSSR count). The molecule has 4 nitrogen and oxygen atoms in total. The SMILES string of the molecule is CC(=O)C(C#N)=C1NC(=O)C(Cc2ccccc2)S1. The molecule has 0 radical (unpaired) electrons. The Morgan fingerprint density at radius 1 is 1.42 bits per heavy atom. The smallest absolute Gasteiger partial charge is 0.238 e. The fourth-order valence-electron chi connectivity index (χ4n) is 1.79. The summed E-state index contributed by atoms with van der Waals surface area (Å²) in [5.74, 6) is -0.483. The number of nitrogens with zero attached hydrogens (tertiary/aromatic N) is 1. The van der Waals surface area contributed by atoms with Crippen LogP contribution in [0.5, 0.6) is 0 Å². The zero-order valence-electron chi connectivity index (χ0n) is 10.3. The highest BCUT2D eigenvalue weighted by Gasteiger charge is 2.31. The lowest BCUT2D eigenvalue weighted by Crippen LogP contribution is -2.24. The van der Waals surface area contributed by atoms with E-state index in [4.69, 9.17) is 5.26 Å². The minimum absolute atomic E-state index is 0.0221. The molecule has 1 heterocycles. The van der Waals surface area contributed by atoms with Crippen LogP contribution in [0.3, 0.4) is 0 Å². The quantitative estimate of drug-likeness (QED) is 0.672. The normalized spacial score (nSPS) is 20.6. The lowest BCUT2D eigenvalue weighted by molar-refractivity contribution is -0.119. The first-order chi connectivity index (χ1) is 9.11. The summed E-state index contributed by atoms with van der Waals surface area (Å²) in [4.78, 5) is 23.1. The molecule has 0 spiro atoms. The second-order valence-corrected chi connectivity index (χ2v) is 5.37. The number of nitriles is 1. The summed E-state index contributed by atoms with van der Waals surface area (Å²) in [6.45, 7) is 1.32. The molecular weight excluding hydrogens is 260 g/mol.